The van der Waals surface area contributed by atoms with Crippen molar-refractivity contribution in [3.05, 3.63) is 29.8 Å². The van der Waals surface area contributed by atoms with Gasteiger partial charge < -0.3 is 4.90 Å². The number of nitrogens with zero attached hydrogens (tertiary/aromatic N) is 2. The topological polar surface area (TPSA) is 57.7 Å². The van der Waals surface area contributed by atoms with Gasteiger partial charge in [-0.15, -0.1) is 0 Å². The minimum atomic E-state index is -3.48. The smallest absolute Gasteiger partial charge is 0.254 e. The molecule has 0 bridgehead atoms. The third kappa shape index (κ3) is 4.42. The van der Waals surface area contributed by atoms with Crippen LogP contribution in [-0.4, -0.2) is 49.2 Å². The van der Waals surface area contributed by atoms with Gasteiger partial charge >= 0.3 is 0 Å². The van der Waals surface area contributed by atoms with Gasteiger partial charge in [0.05, 0.1) is 4.90 Å². The standard InChI is InChI=1S/C19H30N2O3S/c1-4-20(5-2)25(23,24)18-14-12-16(13-15-18)19(22)21(6-3)17-10-8-7-9-11-17/h12-15,17H,4-11H2,1-3H3. The summed E-state index contributed by atoms with van der Waals surface area (Å²) < 4.78 is 26.5. The lowest BCUT2D eigenvalue weighted by atomic mass is 9.93. The van der Waals surface area contributed by atoms with E-state index in [0.717, 1.165) is 12.8 Å². The van der Waals surface area contributed by atoms with Crippen LogP contribution in [0.15, 0.2) is 29.2 Å². The van der Waals surface area contributed by atoms with Crippen LogP contribution in [0.25, 0.3) is 0 Å². The first kappa shape index (κ1) is 19.9. The predicted molar refractivity (Wildman–Crippen MR) is 100 cm³/mol. The minimum absolute atomic E-state index is 0.00110. The lowest BCUT2D eigenvalue weighted by molar-refractivity contribution is 0.0648. The first-order valence-corrected chi connectivity index (χ1v) is 10.8. The van der Waals surface area contributed by atoms with E-state index in [9.17, 15) is 13.2 Å². The second-order valence-electron chi connectivity index (χ2n) is 6.50. The number of sulfonamides is 1. The van der Waals surface area contributed by atoms with Gasteiger partial charge in [-0.1, -0.05) is 33.1 Å². The largest absolute Gasteiger partial charge is 0.336 e. The summed E-state index contributed by atoms with van der Waals surface area (Å²) in [6.45, 7) is 7.20. The van der Waals surface area contributed by atoms with Gasteiger partial charge in [0, 0.05) is 31.2 Å². The summed E-state index contributed by atoms with van der Waals surface area (Å²) in [5.74, 6) is 0.00110. The number of rotatable bonds is 7. The quantitative estimate of drug-likeness (QED) is 0.742. The molecule has 0 saturated heterocycles. The summed E-state index contributed by atoms with van der Waals surface area (Å²) in [6, 6.07) is 6.70. The van der Waals surface area contributed by atoms with Gasteiger partial charge in [0.25, 0.3) is 5.91 Å². The van der Waals surface area contributed by atoms with Crippen molar-refractivity contribution in [3.8, 4) is 0 Å². The van der Waals surface area contributed by atoms with Gasteiger partial charge in [0.15, 0.2) is 0 Å². The Kier molecular flexibility index (Phi) is 7.02. The fourth-order valence-corrected chi connectivity index (χ4v) is 5.07. The average molecular weight is 367 g/mol. The van der Waals surface area contributed by atoms with Crippen molar-refractivity contribution in [1.82, 2.24) is 9.21 Å². The maximum absolute atomic E-state index is 12.8. The lowest BCUT2D eigenvalue weighted by Crippen LogP contribution is -2.41. The van der Waals surface area contributed by atoms with Gasteiger partial charge in [0.2, 0.25) is 10.0 Å². The second kappa shape index (κ2) is 8.81. The average Bonchev–Trinajstić information content (AvgIpc) is 2.64. The number of carbonyl (C=O) groups excluding carboxylic acids is 1. The molecule has 0 heterocycles. The molecular weight excluding hydrogens is 336 g/mol. The Morgan fingerprint density at radius 2 is 1.52 bits per heavy atom. The van der Waals surface area contributed by atoms with Crippen molar-refractivity contribution < 1.29 is 13.2 Å². The van der Waals surface area contributed by atoms with Crippen LogP contribution >= 0.6 is 0 Å². The Morgan fingerprint density at radius 3 is 2.00 bits per heavy atom. The molecule has 0 atom stereocenters. The molecule has 5 nitrogen and oxygen atoms in total. The summed E-state index contributed by atoms with van der Waals surface area (Å²) >= 11 is 0. The van der Waals surface area contributed by atoms with E-state index in [4.69, 9.17) is 0 Å². The minimum Gasteiger partial charge on any atom is -0.336 e. The van der Waals surface area contributed by atoms with E-state index in [1.165, 1.54) is 23.6 Å². The molecule has 1 aliphatic carbocycles. The Labute approximate surface area is 152 Å². The van der Waals surface area contributed by atoms with Crippen LogP contribution in [0.2, 0.25) is 0 Å². The van der Waals surface area contributed by atoms with Crippen molar-refractivity contribution >= 4 is 15.9 Å². The van der Waals surface area contributed by atoms with E-state index in [1.54, 1.807) is 24.3 Å². The number of hydrogen-bond donors (Lipinski definition) is 0. The Bertz CT molecular complexity index is 660. The molecule has 25 heavy (non-hydrogen) atoms. The van der Waals surface area contributed by atoms with E-state index < -0.39 is 10.0 Å². The van der Waals surface area contributed by atoms with Crippen molar-refractivity contribution in [3.63, 3.8) is 0 Å². The molecule has 6 heteroatoms. The summed E-state index contributed by atoms with van der Waals surface area (Å²) in [7, 11) is -3.48. The van der Waals surface area contributed by atoms with Crippen LogP contribution in [0.3, 0.4) is 0 Å². The molecule has 1 aromatic carbocycles. The zero-order chi connectivity index (χ0) is 18.4. The summed E-state index contributed by atoms with van der Waals surface area (Å²) in [4.78, 5) is 15.0. The molecule has 1 aromatic rings. The summed E-state index contributed by atoms with van der Waals surface area (Å²) in [5.41, 5.74) is 0.561. The Morgan fingerprint density at radius 1 is 0.960 bits per heavy atom. The fourth-order valence-electron chi connectivity index (χ4n) is 3.61. The van der Waals surface area contributed by atoms with Crippen LogP contribution in [0.4, 0.5) is 0 Å². The van der Waals surface area contributed by atoms with E-state index >= 15 is 0 Å². The maximum atomic E-state index is 12.8. The fraction of sp³-hybridized carbons (Fsp3) is 0.632. The molecule has 0 unspecified atom stereocenters. The first-order chi connectivity index (χ1) is 12.0. The molecule has 2 rings (SSSR count). The molecule has 0 N–H and O–H groups in total. The van der Waals surface area contributed by atoms with Gasteiger partial charge in [-0.05, 0) is 44.0 Å². The molecule has 0 aliphatic heterocycles. The number of amides is 1. The van der Waals surface area contributed by atoms with Crippen LogP contribution in [0, 0.1) is 0 Å². The highest BCUT2D eigenvalue weighted by Gasteiger charge is 2.26. The van der Waals surface area contributed by atoms with E-state index in [0.29, 0.717) is 31.2 Å². The molecule has 1 amide bonds. The third-order valence-electron chi connectivity index (χ3n) is 5.06. The van der Waals surface area contributed by atoms with Crippen LogP contribution in [-0.2, 0) is 10.0 Å². The highest BCUT2D eigenvalue weighted by Crippen LogP contribution is 2.24. The van der Waals surface area contributed by atoms with Gasteiger partial charge in [0.1, 0.15) is 0 Å². The third-order valence-corrected chi connectivity index (χ3v) is 7.13. The van der Waals surface area contributed by atoms with Crippen molar-refractivity contribution in [2.24, 2.45) is 0 Å². The Balaban J connectivity index is 2.19. The number of carbonyl (C=O) groups is 1. The Hall–Kier alpha value is -1.40. The highest BCUT2D eigenvalue weighted by atomic mass is 32.2. The molecule has 0 spiro atoms. The lowest BCUT2D eigenvalue weighted by Gasteiger charge is -2.33. The van der Waals surface area contributed by atoms with E-state index in [1.807, 2.05) is 25.7 Å². The maximum Gasteiger partial charge on any atom is 0.254 e. The zero-order valence-electron chi connectivity index (χ0n) is 15.6. The van der Waals surface area contributed by atoms with Gasteiger partial charge in [-0.25, -0.2) is 8.42 Å². The van der Waals surface area contributed by atoms with Gasteiger partial charge in [-0.2, -0.15) is 4.31 Å². The summed E-state index contributed by atoms with van der Waals surface area (Å²) in [6.07, 6.45) is 5.73. The SMILES string of the molecule is CCN(C(=O)c1ccc(S(=O)(=O)N(CC)CC)cc1)C1CCCCC1. The second-order valence-corrected chi connectivity index (χ2v) is 8.43. The first-order valence-electron chi connectivity index (χ1n) is 9.36. The van der Waals surface area contributed by atoms with Crippen LogP contribution in [0.1, 0.15) is 63.2 Å². The molecule has 0 aromatic heterocycles. The monoisotopic (exact) mass is 366 g/mol. The molecule has 0 radical (unpaired) electrons. The predicted octanol–water partition coefficient (Wildman–Crippen LogP) is 3.51. The zero-order valence-corrected chi connectivity index (χ0v) is 16.4. The van der Waals surface area contributed by atoms with Crippen LogP contribution < -0.4 is 0 Å². The highest BCUT2D eigenvalue weighted by molar-refractivity contribution is 7.89. The van der Waals surface area contributed by atoms with Gasteiger partial charge in [-0.3, -0.25) is 4.79 Å². The normalized spacial score (nSPS) is 16.2. The van der Waals surface area contributed by atoms with E-state index in [2.05, 4.69) is 0 Å². The van der Waals surface area contributed by atoms with Crippen LogP contribution in [0.5, 0.6) is 0 Å². The van der Waals surface area contributed by atoms with Crippen molar-refractivity contribution in [1.29, 1.82) is 0 Å². The van der Waals surface area contributed by atoms with Crippen molar-refractivity contribution in [2.75, 3.05) is 19.6 Å². The molecule has 1 fully saturated rings. The molecule has 140 valence electrons. The molecule has 1 saturated carbocycles. The number of benzene rings is 1. The van der Waals surface area contributed by atoms with E-state index in [-0.39, 0.29) is 10.8 Å². The molecule has 1 aliphatic rings. The van der Waals surface area contributed by atoms with Crippen molar-refractivity contribution in [2.45, 2.75) is 63.8 Å². The molecular formula is C19H30N2O3S. The number of hydrogen-bond acceptors (Lipinski definition) is 3. The summed E-state index contributed by atoms with van der Waals surface area (Å²) in [5, 5.41) is 0.